The second-order valence-corrected chi connectivity index (χ2v) is 5.44. The van der Waals surface area contributed by atoms with Gasteiger partial charge in [-0.2, -0.15) is 0 Å². The summed E-state index contributed by atoms with van der Waals surface area (Å²) in [6.45, 7) is 2.71. The molecule has 20 heavy (non-hydrogen) atoms. The molecule has 104 valence electrons. The summed E-state index contributed by atoms with van der Waals surface area (Å²) in [7, 11) is 1.86. The van der Waals surface area contributed by atoms with E-state index in [0.29, 0.717) is 11.5 Å². The van der Waals surface area contributed by atoms with Gasteiger partial charge in [0.15, 0.2) is 5.76 Å². The fraction of sp³-hybridized carbons (Fsp3) is 0.375. The molecular weight excluding hydrogens is 252 g/mol. The second kappa shape index (κ2) is 5.12. The van der Waals surface area contributed by atoms with Gasteiger partial charge in [0.1, 0.15) is 5.69 Å². The highest BCUT2D eigenvalue weighted by Crippen LogP contribution is 2.30. The van der Waals surface area contributed by atoms with Gasteiger partial charge in [0, 0.05) is 13.6 Å². The zero-order valence-corrected chi connectivity index (χ0v) is 11.8. The van der Waals surface area contributed by atoms with E-state index in [1.54, 1.807) is 11.2 Å². The van der Waals surface area contributed by atoms with E-state index >= 15 is 0 Å². The number of pyridine rings is 1. The first kappa shape index (κ1) is 12.9. The van der Waals surface area contributed by atoms with Gasteiger partial charge in [0.25, 0.3) is 5.91 Å². The van der Waals surface area contributed by atoms with Gasteiger partial charge in [0.2, 0.25) is 0 Å². The van der Waals surface area contributed by atoms with Gasteiger partial charge < -0.3 is 9.32 Å². The Bertz CT molecular complexity index is 615. The summed E-state index contributed by atoms with van der Waals surface area (Å²) in [6, 6.07) is 7.37. The van der Waals surface area contributed by atoms with E-state index in [-0.39, 0.29) is 5.91 Å². The fourth-order valence-corrected chi connectivity index (χ4v) is 2.32. The van der Waals surface area contributed by atoms with E-state index in [9.17, 15) is 4.79 Å². The van der Waals surface area contributed by atoms with Crippen LogP contribution in [0.5, 0.6) is 0 Å². The molecule has 2 aromatic heterocycles. The molecule has 0 spiro atoms. The molecule has 2 aromatic rings. The van der Waals surface area contributed by atoms with Gasteiger partial charge in [-0.25, -0.2) is 4.98 Å². The van der Waals surface area contributed by atoms with Crippen LogP contribution in [0.4, 0.5) is 0 Å². The van der Waals surface area contributed by atoms with Crippen molar-refractivity contribution >= 4 is 5.91 Å². The van der Waals surface area contributed by atoms with Crippen LogP contribution < -0.4 is 0 Å². The SMILES string of the molecule is Cc1nc(-c2ccco2)ccc1C(=O)N(C)CC1CC1. The minimum atomic E-state index is 0.0490. The zero-order chi connectivity index (χ0) is 14.1. The molecule has 3 rings (SSSR count). The van der Waals surface area contributed by atoms with Crippen LogP contribution in [0.1, 0.15) is 28.9 Å². The quantitative estimate of drug-likeness (QED) is 0.857. The molecule has 1 amide bonds. The third-order valence-electron chi connectivity index (χ3n) is 3.67. The lowest BCUT2D eigenvalue weighted by molar-refractivity contribution is 0.0787. The smallest absolute Gasteiger partial charge is 0.255 e. The minimum Gasteiger partial charge on any atom is -0.463 e. The van der Waals surface area contributed by atoms with Crippen LogP contribution in [-0.4, -0.2) is 29.4 Å². The summed E-state index contributed by atoms with van der Waals surface area (Å²) in [4.78, 5) is 18.7. The topological polar surface area (TPSA) is 46.3 Å². The average Bonchev–Trinajstić information content (AvgIpc) is 3.07. The molecule has 0 aliphatic heterocycles. The molecule has 0 unspecified atom stereocenters. The molecule has 1 aliphatic carbocycles. The number of hydrogen-bond donors (Lipinski definition) is 0. The lowest BCUT2D eigenvalue weighted by Gasteiger charge is -2.17. The van der Waals surface area contributed by atoms with E-state index in [1.807, 2.05) is 38.2 Å². The van der Waals surface area contributed by atoms with E-state index in [1.165, 1.54) is 12.8 Å². The standard InChI is InChI=1S/C16H18N2O2/c1-11-13(16(19)18(2)10-12-5-6-12)7-8-14(17-11)15-4-3-9-20-15/h3-4,7-9,12H,5-6,10H2,1-2H3. The summed E-state index contributed by atoms with van der Waals surface area (Å²) >= 11 is 0. The van der Waals surface area contributed by atoms with Gasteiger partial charge in [-0.3, -0.25) is 4.79 Å². The number of rotatable bonds is 4. The number of hydrogen-bond acceptors (Lipinski definition) is 3. The van der Waals surface area contributed by atoms with Crippen molar-refractivity contribution in [2.75, 3.05) is 13.6 Å². The van der Waals surface area contributed by atoms with Gasteiger partial charge in [0.05, 0.1) is 17.5 Å². The van der Waals surface area contributed by atoms with Crippen LogP contribution in [0.15, 0.2) is 34.9 Å². The van der Waals surface area contributed by atoms with Gasteiger partial charge in [-0.05, 0) is 49.9 Å². The lowest BCUT2D eigenvalue weighted by atomic mass is 10.1. The van der Waals surface area contributed by atoms with E-state index in [0.717, 1.165) is 23.7 Å². The Kier molecular flexibility index (Phi) is 3.30. The van der Waals surface area contributed by atoms with E-state index < -0.39 is 0 Å². The molecule has 0 N–H and O–H groups in total. The van der Waals surface area contributed by atoms with E-state index in [2.05, 4.69) is 4.98 Å². The number of furan rings is 1. The molecule has 0 saturated heterocycles. The number of carbonyl (C=O) groups is 1. The Morgan fingerprint density at radius 3 is 2.80 bits per heavy atom. The predicted molar refractivity (Wildman–Crippen MR) is 76.4 cm³/mol. The Labute approximate surface area is 118 Å². The number of carbonyl (C=O) groups excluding carboxylic acids is 1. The normalized spacial score (nSPS) is 14.3. The Morgan fingerprint density at radius 1 is 1.40 bits per heavy atom. The van der Waals surface area contributed by atoms with Gasteiger partial charge >= 0.3 is 0 Å². The number of amides is 1. The van der Waals surface area contributed by atoms with E-state index in [4.69, 9.17) is 4.42 Å². The maximum Gasteiger partial charge on any atom is 0.255 e. The van der Waals surface area contributed by atoms with Crippen LogP contribution in [0, 0.1) is 12.8 Å². The maximum absolute atomic E-state index is 12.4. The Morgan fingerprint density at radius 2 is 2.20 bits per heavy atom. The first-order chi connectivity index (χ1) is 9.65. The first-order valence-corrected chi connectivity index (χ1v) is 6.92. The number of nitrogens with zero attached hydrogens (tertiary/aromatic N) is 2. The Hall–Kier alpha value is -2.10. The molecule has 1 aliphatic rings. The van der Waals surface area contributed by atoms with Crippen LogP contribution >= 0.6 is 0 Å². The van der Waals surface area contributed by atoms with Crippen molar-refractivity contribution in [1.82, 2.24) is 9.88 Å². The molecule has 4 heteroatoms. The largest absolute Gasteiger partial charge is 0.463 e. The lowest BCUT2D eigenvalue weighted by Crippen LogP contribution is -2.29. The zero-order valence-electron chi connectivity index (χ0n) is 11.8. The number of aryl methyl sites for hydroxylation is 1. The Balaban J connectivity index is 1.81. The highest BCUT2D eigenvalue weighted by atomic mass is 16.3. The van der Waals surface area contributed by atoms with Crippen molar-refractivity contribution in [1.29, 1.82) is 0 Å². The summed E-state index contributed by atoms with van der Waals surface area (Å²) in [6.07, 6.45) is 4.10. The highest BCUT2D eigenvalue weighted by molar-refractivity contribution is 5.95. The molecule has 0 radical (unpaired) electrons. The van der Waals surface area contributed by atoms with Gasteiger partial charge in [-0.1, -0.05) is 0 Å². The maximum atomic E-state index is 12.4. The minimum absolute atomic E-state index is 0.0490. The van der Waals surface area contributed by atoms with Crippen molar-refractivity contribution in [3.8, 4) is 11.5 Å². The fourth-order valence-electron chi connectivity index (χ4n) is 2.32. The van der Waals surface area contributed by atoms with Crippen LogP contribution in [0.25, 0.3) is 11.5 Å². The second-order valence-electron chi connectivity index (χ2n) is 5.44. The summed E-state index contributed by atoms with van der Waals surface area (Å²) < 4.78 is 5.33. The highest BCUT2D eigenvalue weighted by Gasteiger charge is 2.26. The monoisotopic (exact) mass is 270 g/mol. The van der Waals surface area contributed by atoms with Crippen molar-refractivity contribution < 1.29 is 9.21 Å². The van der Waals surface area contributed by atoms with Gasteiger partial charge in [-0.15, -0.1) is 0 Å². The van der Waals surface area contributed by atoms with Crippen molar-refractivity contribution in [2.45, 2.75) is 19.8 Å². The third-order valence-corrected chi connectivity index (χ3v) is 3.67. The molecule has 1 fully saturated rings. The molecule has 0 atom stereocenters. The predicted octanol–water partition coefficient (Wildman–Crippen LogP) is 3.13. The summed E-state index contributed by atoms with van der Waals surface area (Å²) in [5.41, 5.74) is 2.17. The van der Waals surface area contributed by atoms with Crippen LogP contribution in [0.2, 0.25) is 0 Å². The number of aromatic nitrogens is 1. The molecule has 0 bridgehead atoms. The summed E-state index contributed by atoms with van der Waals surface area (Å²) in [5, 5.41) is 0. The first-order valence-electron chi connectivity index (χ1n) is 6.92. The molecule has 4 nitrogen and oxygen atoms in total. The molecule has 2 heterocycles. The molecule has 1 saturated carbocycles. The average molecular weight is 270 g/mol. The van der Waals surface area contributed by atoms with Crippen LogP contribution in [0.3, 0.4) is 0 Å². The summed E-state index contributed by atoms with van der Waals surface area (Å²) in [5.74, 6) is 1.46. The van der Waals surface area contributed by atoms with Crippen molar-refractivity contribution in [3.63, 3.8) is 0 Å². The third kappa shape index (κ3) is 2.59. The van der Waals surface area contributed by atoms with Crippen LogP contribution in [-0.2, 0) is 0 Å². The van der Waals surface area contributed by atoms with Crippen molar-refractivity contribution in [2.24, 2.45) is 5.92 Å². The molecular formula is C16H18N2O2. The van der Waals surface area contributed by atoms with Crippen molar-refractivity contribution in [3.05, 3.63) is 41.8 Å². The molecule has 0 aromatic carbocycles.